The third-order valence-corrected chi connectivity index (χ3v) is 2.38. The first-order valence-electron chi connectivity index (χ1n) is 5.37. The minimum Gasteiger partial charge on any atom is -0.465 e. The largest absolute Gasteiger partial charge is 0.465 e. The first-order valence-corrected chi connectivity index (χ1v) is 5.37. The fourth-order valence-electron chi connectivity index (χ4n) is 1.68. The zero-order valence-electron chi connectivity index (χ0n) is 9.85. The number of furan rings is 1. The highest BCUT2D eigenvalue weighted by Gasteiger charge is 2.20. The smallest absolute Gasteiger partial charge is 0.341 e. The van der Waals surface area contributed by atoms with Crippen molar-refractivity contribution in [3.63, 3.8) is 0 Å². The number of carbonyl (C=O) groups is 1. The van der Waals surface area contributed by atoms with E-state index in [1.54, 1.807) is 13.8 Å². The molecule has 1 aromatic heterocycles. The van der Waals surface area contributed by atoms with Crippen molar-refractivity contribution in [2.75, 3.05) is 6.61 Å². The maximum absolute atomic E-state index is 11.6. The van der Waals surface area contributed by atoms with Gasteiger partial charge in [-0.1, -0.05) is 6.92 Å². The highest BCUT2D eigenvalue weighted by atomic mass is 16.5. The van der Waals surface area contributed by atoms with Crippen LogP contribution in [0.15, 0.2) is 4.42 Å². The Bertz CT molecular complexity index is 350. The second-order valence-corrected chi connectivity index (χ2v) is 3.55. The molecule has 0 aliphatic carbocycles. The van der Waals surface area contributed by atoms with Gasteiger partial charge >= 0.3 is 5.97 Å². The van der Waals surface area contributed by atoms with Crippen LogP contribution >= 0.6 is 0 Å². The molecule has 0 amide bonds. The Morgan fingerprint density at radius 3 is 2.53 bits per heavy atom. The molecular weight excluding hydrogens is 192 g/mol. The Labute approximate surface area is 90.4 Å². The molecule has 0 aliphatic rings. The van der Waals surface area contributed by atoms with E-state index in [1.165, 1.54) is 0 Å². The average molecular weight is 210 g/mol. The molecule has 0 atom stereocenters. The Balaban J connectivity index is 3.02. The van der Waals surface area contributed by atoms with Crippen molar-refractivity contribution in [2.24, 2.45) is 0 Å². The van der Waals surface area contributed by atoms with Crippen LogP contribution in [0, 0.1) is 13.8 Å². The molecule has 0 aliphatic heterocycles. The summed E-state index contributed by atoms with van der Waals surface area (Å²) in [7, 11) is 0. The van der Waals surface area contributed by atoms with E-state index in [2.05, 4.69) is 6.92 Å². The summed E-state index contributed by atoms with van der Waals surface area (Å²) >= 11 is 0. The van der Waals surface area contributed by atoms with Crippen molar-refractivity contribution in [3.8, 4) is 0 Å². The lowest BCUT2D eigenvalue weighted by atomic mass is 10.1. The van der Waals surface area contributed by atoms with E-state index >= 15 is 0 Å². The first-order chi connectivity index (χ1) is 7.11. The van der Waals surface area contributed by atoms with Crippen LogP contribution < -0.4 is 0 Å². The summed E-state index contributed by atoms with van der Waals surface area (Å²) in [6.45, 7) is 8.00. The molecule has 0 fully saturated rings. The second-order valence-electron chi connectivity index (χ2n) is 3.55. The van der Waals surface area contributed by atoms with Gasteiger partial charge in [0.2, 0.25) is 0 Å². The van der Waals surface area contributed by atoms with Gasteiger partial charge in [-0.05, 0) is 27.2 Å². The fourth-order valence-corrected chi connectivity index (χ4v) is 1.68. The van der Waals surface area contributed by atoms with Gasteiger partial charge in [0.15, 0.2) is 0 Å². The molecule has 15 heavy (non-hydrogen) atoms. The highest BCUT2D eigenvalue weighted by molar-refractivity contribution is 5.92. The third-order valence-electron chi connectivity index (χ3n) is 2.38. The zero-order valence-corrected chi connectivity index (χ0v) is 9.85. The molecule has 1 heterocycles. The third kappa shape index (κ3) is 2.41. The predicted octanol–water partition coefficient (Wildman–Crippen LogP) is 3.03. The monoisotopic (exact) mass is 210 g/mol. The molecule has 1 aromatic rings. The molecule has 84 valence electrons. The van der Waals surface area contributed by atoms with E-state index in [4.69, 9.17) is 9.15 Å². The van der Waals surface area contributed by atoms with E-state index in [-0.39, 0.29) is 5.97 Å². The standard InChI is InChI=1S/C12H18O3/c1-5-7-10-8(3)11(9(4)15-10)12(13)14-6-2/h5-7H2,1-4H3. The molecule has 0 unspecified atom stereocenters. The van der Waals surface area contributed by atoms with Gasteiger partial charge in [-0.15, -0.1) is 0 Å². The van der Waals surface area contributed by atoms with Crippen LogP contribution in [-0.4, -0.2) is 12.6 Å². The molecule has 3 nitrogen and oxygen atoms in total. The van der Waals surface area contributed by atoms with Crippen molar-refractivity contribution < 1.29 is 13.9 Å². The zero-order chi connectivity index (χ0) is 11.4. The molecule has 0 radical (unpaired) electrons. The molecule has 0 N–H and O–H groups in total. The number of aryl methyl sites for hydroxylation is 2. The molecule has 0 saturated heterocycles. The minimum atomic E-state index is -0.279. The Kier molecular flexibility index (Phi) is 3.95. The van der Waals surface area contributed by atoms with E-state index in [1.807, 2.05) is 6.92 Å². The Morgan fingerprint density at radius 1 is 1.33 bits per heavy atom. The molecule has 0 spiro atoms. The van der Waals surface area contributed by atoms with E-state index in [0.717, 1.165) is 24.2 Å². The summed E-state index contributed by atoms with van der Waals surface area (Å²) in [4.78, 5) is 11.6. The van der Waals surface area contributed by atoms with E-state index in [0.29, 0.717) is 17.9 Å². The molecule has 3 heteroatoms. The van der Waals surface area contributed by atoms with Gasteiger partial charge in [0.1, 0.15) is 17.1 Å². The SMILES string of the molecule is CCCc1oc(C)c(C(=O)OCC)c1C. The van der Waals surface area contributed by atoms with Gasteiger partial charge in [-0.3, -0.25) is 0 Å². The Hall–Kier alpha value is -1.25. The van der Waals surface area contributed by atoms with Crippen molar-refractivity contribution in [1.82, 2.24) is 0 Å². The lowest BCUT2D eigenvalue weighted by Crippen LogP contribution is -2.06. The van der Waals surface area contributed by atoms with Gasteiger partial charge in [-0.2, -0.15) is 0 Å². The van der Waals surface area contributed by atoms with Crippen LogP contribution in [0.4, 0.5) is 0 Å². The number of ether oxygens (including phenoxy) is 1. The first kappa shape index (κ1) is 11.8. The average Bonchev–Trinajstić information content (AvgIpc) is 2.43. The minimum absolute atomic E-state index is 0.279. The number of hydrogen-bond acceptors (Lipinski definition) is 3. The Morgan fingerprint density at radius 2 is 2.00 bits per heavy atom. The van der Waals surface area contributed by atoms with Crippen molar-refractivity contribution in [2.45, 2.75) is 40.5 Å². The predicted molar refractivity (Wildman–Crippen MR) is 58.1 cm³/mol. The quantitative estimate of drug-likeness (QED) is 0.717. The van der Waals surface area contributed by atoms with Crippen LogP contribution in [0.2, 0.25) is 0 Å². The van der Waals surface area contributed by atoms with Gasteiger partial charge in [-0.25, -0.2) is 4.79 Å². The van der Waals surface area contributed by atoms with E-state index in [9.17, 15) is 4.79 Å². The second kappa shape index (κ2) is 5.01. The summed E-state index contributed by atoms with van der Waals surface area (Å²) in [5, 5.41) is 0. The fraction of sp³-hybridized carbons (Fsp3) is 0.583. The maximum Gasteiger partial charge on any atom is 0.341 e. The van der Waals surface area contributed by atoms with Crippen molar-refractivity contribution in [3.05, 3.63) is 22.6 Å². The number of rotatable bonds is 4. The van der Waals surface area contributed by atoms with Crippen LogP contribution in [0.5, 0.6) is 0 Å². The van der Waals surface area contributed by atoms with Crippen molar-refractivity contribution >= 4 is 5.97 Å². The summed E-state index contributed by atoms with van der Waals surface area (Å²) in [5.74, 6) is 1.28. The summed E-state index contributed by atoms with van der Waals surface area (Å²) in [5.41, 5.74) is 1.52. The van der Waals surface area contributed by atoms with Gasteiger partial charge in [0.05, 0.1) is 6.61 Å². The molecule has 0 bridgehead atoms. The normalized spacial score (nSPS) is 10.4. The number of carbonyl (C=O) groups excluding carboxylic acids is 1. The lowest BCUT2D eigenvalue weighted by molar-refractivity contribution is 0.0523. The van der Waals surface area contributed by atoms with Gasteiger partial charge < -0.3 is 9.15 Å². The van der Waals surface area contributed by atoms with Crippen LogP contribution in [0.3, 0.4) is 0 Å². The summed E-state index contributed by atoms with van der Waals surface area (Å²) < 4.78 is 10.5. The lowest BCUT2D eigenvalue weighted by Gasteiger charge is -2.00. The molecule has 0 aromatic carbocycles. The van der Waals surface area contributed by atoms with E-state index < -0.39 is 0 Å². The van der Waals surface area contributed by atoms with Gasteiger partial charge in [0.25, 0.3) is 0 Å². The topological polar surface area (TPSA) is 39.4 Å². The summed E-state index contributed by atoms with van der Waals surface area (Å²) in [6, 6.07) is 0. The highest BCUT2D eigenvalue weighted by Crippen LogP contribution is 2.23. The number of hydrogen-bond donors (Lipinski definition) is 0. The van der Waals surface area contributed by atoms with Crippen LogP contribution in [0.25, 0.3) is 0 Å². The molecular formula is C12H18O3. The van der Waals surface area contributed by atoms with Crippen molar-refractivity contribution in [1.29, 1.82) is 0 Å². The molecule has 1 rings (SSSR count). The van der Waals surface area contributed by atoms with Gasteiger partial charge in [0, 0.05) is 12.0 Å². The molecule has 0 saturated carbocycles. The van der Waals surface area contributed by atoms with Crippen LogP contribution in [0.1, 0.15) is 47.7 Å². The maximum atomic E-state index is 11.6. The summed E-state index contributed by atoms with van der Waals surface area (Å²) in [6.07, 6.45) is 1.88. The van der Waals surface area contributed by atoms with Crippen LogP contribution in [-0.2, 0) is 11.2 Å². The number of esters is 1.